The molecule has 0 aliphatic rings. The molecule has 1 atom stereocenters. The SMILES string of the molecule is CCNC(CCOC)Cc1ccccc1F. The fraction of sp³-hybridized carbons (Fsp3) is 0.538. The number of rotatable bonds is 7. The number of hydrogen-bond donors (Lipinski definition) is 1. The third kappa shape index (κ3) is 4.29. The summed E-state index contributed by atoms with van der Waals surface area (Å²) < 4.78 is 18.5. The zero-order valence-electron chi connectivity index (χ0n) is 10.0. The smallest absolute Gasteiger partial charge is 0.126 e. The van der Waals surface area contributed by atoms with Crippen LogP contribution in [0.2, 0.25) is 0 Å². The average Bonchev–Trinajstić information content (AvgIpc) is 2.29. The van der Waals surface area contributed by atoms with E-state index < -0.39 is 0 Å². The summed E-state index contributed by atoms with van der Waals surface area (Å²) >= 11 is 0. The summed E-state index contributed by atoms with van der Waals surface area (Å²) in [4.78, 5) is 0. The molecule has 1 rings (SSSR count). The lowest BCUT2D eigenvalue weighted by Gasteiger charge is -2.17. The van der Waals surface area contributed by atoms with Crippen molar-refractivity contribution >= 4 is 0 Å². The molecule has 1 unspecified atom stereocenters. The minimum absolute atomic E-state index is 0.122. The summed E-state index contributed by atoms with van der Waals surface area (Å²) in [6.07, 6.45) is 1.61. The lowest BCUT2D eigenvalue weighted by molar-refractivity contribution is 0.182. The number of likely N-dealkylation sites (N-methyl/N-ethyl adjacent to an activating group) is 1. The van der Waals surface area contributed by atoms with E-state index in [2.05, 4.69) is 12.2 Å². The molecular weight excluding hydrogens is 205 g/mol. The Bertz CT molecular complexity index is 304. The Morgan fingerprint density at radius 1 is 1.38 bits per heavy atom. The van der Waals surface area contributed by atoms with E-state index in [0.717, 1.165) is 18.5 Å². The van der Waals surface area contributed by atoms with Gasteiger partial charge in [0.05, 0.1) is 0 Å². The molecule has 0 radical (unpaired) electrons. The van der Waals surface area contributed by atoms with Crippen molar-refractivity contribution in [2.75, 3.05) is 20.3 Å². The van der Waals surface area contributed by atoms with Gasteiger partial charge in [-0.1, -0.05) is 25.1 Å². The van der Waals surface area contributed by atoms with Crippen molar-refractivity contribution in [3.8, 4) is 0 Å². The topological polar surface area (TPSA) is 21.3 Å². The predicted octanol–water partition coefficient (Wildman–Crippen LogP) is 2.38. The Kier molecular flexibility index (Phi) is 6.04. The lowest BCUT2D eigenvalue weighted by atomic mass is 10.0. The zero-order valence-corrected chi connectivity index (χ0v) is 10.0. The van der Waals surface area contributed by atoms with Crippen LogP contribution in [0.15, 0.2) is 24.3 Å². The number of ether oxygens (including phenoxy) is 1. The highest BCUT2D eigenvalue weighted by Crippen LogP contribution is 2.10. The van der Waals surface area contributed by atoms with Gasteiger partial charge in [-0.15, -0.1) is 0 Å². The van der Waals surface area contributed by atoms with Crippen LogP contribution in [0.25, 0.3) is 0 Å². The molecule has 0 spiro atoms. The van der Waals surface area contributed by atoms with Gasteiger partial charge in [0.2, 0.25) is 0 Å². The van der Waals surface area contributed by atoms with E-state index in [0.29, 0.717) is 13.0 Å². The van der Waals surface area contributed by atoms with Crippen LogP contribution in [0.4, 0.5) is 4.39 Å². The molecule has 1 aromatic rings. The van der Waals surface area contributed by atoms with Crippen LogP contribution in [0.3, 0.4) is 0 Å². The first kappa shape index (κ1) is 13.1. The third-order valence-corrected chi connectivity index (χ3v) is 2.59. The monoisotopic (exact) mass is 225 g/mol. The van der Waals surface area contributed by atoms with E-state index in [1.54, 1.807) is 13.2 Å². The Balaban J connectivity index is 2.56. The first-order valence-electron chi connectivity index (χ1n) is 5.73. The summed E-state index contributed by atoms with van der Waals surface area (Å²) in [5.74, 6) is -0.122. The molecule has 90 valence electrons. The Labute approximate surface area is 96.8 Å². The van der Waals surface area contributed by atoms with Gasteiger partial charge in [0.15, 0.2) is 0 Å². The highest BCUT2D eigenvalue weighted by molar-refractivity contribution is 5.18. The fourth-order valence-electron chi connectivity index (χ4n) is 1.75. The molecule has 0 bridgehead atoms. The van der Waals surface area contributed by atoms with Crippen molar-refractivity contribution in [3.63, 3.8) is 0 Å². The Hall–Kier alpha value is -0.930. The maximum Gasteiger partial charge on any atom is 0.126 e. The molecule has 0 saturated carbocycles. The summed E-state index contributed by atoms with van der Waals surface area (Å²) in [5, 5.41) is 3.35. The second kappa shape index (κ2) is 7.36. The van der Waals surface area contributed by atoms with Crippen LogP contribution in [-0.2, 0) is 11.2 Å². The van der Waals surface area contributed by atoms with Gasteiger partial charge in [0, 0.05) is 19.8 Å². The molecule has 16 heavy (non-hydrogen) atoms. The van der Waals surface area contributed by atoms with Crippen LogP contribution in [-0.4, -0.2) is 26.3 Å². The van der Waals surface area contributed by atoms with Crippen molar-refractivity contribution < 1.29 is 9.13 Å². The number of benzene rings is 1. The number of hydrogen-bond acceptors (Lipinski definition) is 2. The minimum atomic E-state index is -0.122. The van der Waals surface area contributed by atoms with Crippen molar-refractivity contribution in [1.82, 2.24) is 5.32 Å². The summed E-state index contributed by atoms with van der Waals surface area (Å²) in [6, 6.07) is 7.22. The van der Waals surface area contributed by atoms with Gasteiger partial charge in [-0.25, -0.2) is 4.39 Å². The maximum absolute atomic E-state index is 13.5. The number of nitrogens with one attached hydrogen (secondary N) is 1. The van der Waals surface area contributed by atoms with E-state index in [4.69, 9.17) is 4.74 Å². The molecular formula is C13H20FNO. The quantitative estimate of drug-likeness (QED) is 0.769. The van der Waals surface area contributed by atoms with Gasteiger partial charge < -0.3 is 10.1 Å². The molecule has 3 heteroatoms. The summed E-state index contributed by atoms with van der Waals surface area (Å²) in [5.41, 5.74) is 0.768. The Morgan fingerprint density at radius 2 is 2.12 bits per heavy atom. The van der Waals surface area contributed by atoms with Crippen LogP contribution < -0.4 is 5.32 Å². The second-order valence-electron chi connectivity index (χ2n) is 3.83. The van der Waals surface area contributed by atoms with E-state index in [1.807, 2.05) is 12.1 Å². The van der Waals surface area contributed by atoms with Gasteiger partial charge in [0.1, 0.15) is 5.82 Å². The molecule has 1 aromatic carbocycles. The molecule has 0 amide bonds. The largest absolute Gasteiger partial charge is 0.385 e. The first-order valence-corrected chi connectivity index (χ1v) is 5.73. The maximum atomic E-state index is 13.5. The molecule has 0 aromatic heterocycles. The van der Waals surface area contributed by atoms with Crippen LogP contribution >= 0.6 is 0 Å². The lowest BCUT2D eigenvalue weighted by Crippen LogP contribution is -2.32. The summed E-state index contributed by atoms with van der Waals surface area (Å²) in [7, 11) is 1.69. The van der Waals surface area contributed by atoms with Gasteiger partial charge in [-0.05, 0) is 31.0 Å². The predicted molar refractivity (Wildman–Crippen MR) is 64.1 cm³/mol. The van der Waals surface area contributed by atoms with Crippen molar-refractivity contribution in [2.45, 2.75) is 25.8 Å². The van der Waals surface area contributed by atoms with Crippen molar-refractivity contribution in [2.24, 2.45) is 0 Å². The summed E-state index contributed by atoms with van der Waals surface area (Å²) in [6.45, 7) is 3.65. The highest BCUT2D eigenvalue weighted by atomic mass is 19.1. The average molecular weight is 225 g/mol. The van der Waals surface area contributed by atoms with E-state index >= 15 is 0 Å². The van der Waals surface area contributed by atoms with E-state index in [-0.39, 0.29) is 11.9 Å². The number of methoxy groups -OCH3 is 1. The first-order chi connectivity index (χ1) is 7.77. The zero-order chi connectivity index (χ0) is 11.8. The normalized spacial score (nSPS) is 12.7. The number of halogens is 1. The Morgan fingerprint density at radius 3 is 2.75 bits per heavy atom. The van der Waals surface area contributed by atoms with Crippen LogP contribution in [0, 0.1) is 5.82 Å². The molecule has 1 N–H and O–H groups in total. The van der Waals surface area contributed by atoms with Gasteiger partial charge in [0.25, 0.3) is 0 Å². The third-order valence-electron chi connectivity index (χ3n) is 2.59. The van der Waals surface area contributed by atoms with Gasteiger partial charge in [-0.2, -0.15) is 0 Å². The molecule has 0 aliphatic carbocycles. The second-order valence-corrected chi connectivity index (χ2v) is 3.83. The van der Waals surface area contributed by atoms with Gasteiger partial charge >= 0.3 is 0 Å². The van der Waals surface area contributed by atoms with Crippen molar-refractivity contribution in [3.05, 3.63) is 35.6 Å². The van der Waals surface area contributed by atoms with Gasteiger partial charge in [-0.3, -0.25) is 0 Å². The standard InChI is InChI=1S/C13H20FNO/c1-3-15-12(8-9-16-2)10-11-6-4-5-7-13(11)14/h4-7,12,15H,3,8-10H2,1-2H3. The van der Waals surface area contributed by atoms with Crippen molar-refractivity contribution in [1.29, 1.82) is 0 Å². The fourth-order valence-corrected chi connectivity index (χ4v) is 1.75. The van der Waals surface area contributed by atoms with Crippen LogP contribution in [0.1, 0.15) is 18.9 Å². The minimum Gasteiger partial charge on any atom is -0.385 e. The molecule has 0 fully saturated rings. The molecule has 0 saturated heterocycles. The van der Waals surface area contributed by atoms with E-state index in [1.165, 1.54) is 6.07 Å². The highest BCUT2D eigenvalue weighted by Gasteiger charge is 2.10. The van der Waals surface area contributed by atoms with Crippen LogP contribution in [0.5, 0.6) is 0 Å². The van der Waals surface area contributed by atoms with E-state index in [9.17, 15) is 4.39 Å². The molecule has 0 aliphatic heterocycles. The molecule has 2 nitrogen and oxygen atoms in total. The molecule has 0 heterocycles.